The largest absolute Gasteiger partial charge is 0.478 e. The molecule has 9 heteroatoms. The number of aromatic nitrogens is 4. The summed E-state index contributed by atoms with van der Waals surface area (Å²) in [7, 11) is 3.93. The van der Waals surface area contributed by atoms with Crippen molar-refractivity contribution in [3.8, 4) is 6.01 Å². The van der Waals surface area contributed by atoms with Gasteiger partial charge in [-0.3, -0.25) is 0 Å². The molecule has 0 bridgehead atoms. The van der Waals surface area contributed by atoms with Crippen LogP contribution in [-0.2, 0) is 6.54 Å². The highest BCUT2D eigenvalue weighted by Crippen LogP contribution is 2.23. The van der Waals surface area contributed by atoms with E-state index < -0.39 is 5.97 Å². The van der Waals surface area contributed by atoms with Crippen LogP contribution in [0.15, 0.2) is 30.5 Å². The Kier molecular flexibility index (Phi) is 6.28. The molecule has 2 aromatic heterocycles. The summed E-state index contributed by atoms with van der Waals surface area (Å²) in [6.45, 7) is 5.61. The maximum absolute atomic E-state index is 11.5. The van der Waals surface area contributed by atoms with Gasteiger partial charge in [0.15, 0.2) is 5.65 Å². The van der Waals surface area contributed by atoms with E-state index >= 15 is 0 Å². The summed E-state index contributed by atoms with van der Waals surface area (Å²) in [5, 5.41) is 17.0. The number of benzene rings is 1. The highest BCUT2D eigenvalue weighted by Gasteiger charge is 2.17. The highest BCUT2D eigenvalue weighted by atomic mass is 16.5. The molecule has 0 saturated heterocycles. The van der Waals surface area contributed by atoms with Crippen LogP contribution in [0.5, 0.6) is 6.01 Å². The molecule has 0 spiro atoms. The van der Waals surface area contributed by atoms with E-state index in [2.05, 4.69) is 34.2 Å². The predicted octanol–water partition coefficient (Wildman–Crippen LogP) is 2.50. The van der Waals surface area contributed by atoms with E-state index in [9.17, 15) is 9.90 Å². The van der Waals surface area contributed by atoms with Crippen LogP contribution in [0.2, 0.25) is 0 Å². The van der Waals surface area contributed by atoms with Crippen LogP contribution in [-0.4, -0.2) is 62.8 Å². The number of fused-ring (bicyclic) bond motifs is 1. The zero-order valence-corrected chi connectivity index (χ0v) is 17.1. The lowest BCUT2D eigenvalue weighted by molar-refractivity contribution is 0.0695. The number of nitrogens with zero attached hydrogens (tertiary/aromatic N) is 5. The molecule has 2 heterocycles. The van der Waals surface area contributed by atoms with Gasteiger partial charge in [0, 0.05) is 18.7 Å². The monoisotopic (exact) mass is 398 g/mol. The Labute approximate surface area is 169 Å². The van der Waals surface area contributed by atoms with Gasteiger partial charge in [0.1, 0.15) is 6.61 Å². The van der Waals surface area contributed by atoms with Crippen LogP contribution in [0.3, 0.4) is 0 Å². The van der Waals surface area contributed by atoms with Crippen molar-refractivity contribution in [1.82, 2.24) is 24.5 Å². The second-order valence-electron chi connectivity index (χ2n) is 7.29. The van der Waals surface area contributed by atoms with Crippen LogP contribution >= 0.6 is 0 Å². The van der Waals surface area contributed by atoms with Crippen LogP contribution in [0.25, 0.3) is 5.65 Å². The van der Waals surface area contributed by atoms with Crippen LogP contribution in [0.4, 0.5) is 5.95 Å². The van der Waals surface area contributed by atoms with Gasteiger partial charge in [0.2, 0.25) is 5.95 Å². The quantitative estimate of drug-likeness (QED) is 0.566. The van der Waals surface area contributed by atoms with E-state index in [1.165, 1.54) is 0 Å². The number of nitrogens with one attached hydrogen (secondary N) is 1. The smallest absolute Gasteiger partial charge is 0.336 e. The molecule has 0 saturated carbocycles. The summed E-state index contributed by atoms with van der Waals surface area (Å²) in [5.41, 5.74) is 2.55. The Morgan fingerprint density at radius 1 is 1.28 bits per heavy atom. The number of anilines is 1. The summed E-state index contributed by atoms with van der Waals surface area (Å²) in [5.74, 6) is -0.288. The van der Waals surface area contributed by atoms with Crippen molar-refractivity contribution in [3.05, 3.63) is 47.2 Å². The van der Waals surface area contributed by atoms with Crippen molar-refractivity contribution < 1.29 is 14.6 Å². The molecule has 0 amide bonds. The number of ether oxygens (including phenoxy) is 1. The third-order valence-corrected chi connectivity index (χ3v) is 4.45. The second kappa shape index (κ2) is 8.87. The molecule has 3 rings (SSSR count). The van der Waals surface area contributed by atoms with Crippen molar-refractivity contribution in [2.75, 3.05) is 32.6 Å². The van der Waals surface area contributed by atoms with Crippen molar-refractivity contribution >= 4 is 17.6 Å². The number of carbonyl (C=O) groups is 1. The first-order chi connectivity index (χ1) is 13.9. The molecule has 0 radical (unpaired) electrons. The number of likely N-dealkylation sites (N-methyl/N-ethyl adjacent to an activating group) is 1. The van der Waals surface area contributed by atoms with Gasteiger partial charge in [-0.05, 0) is 31.6 Å². The molecule has 3 aromatic rings. The minimum absolute atomic E-state index is 0.234. The Morgan fingerprint density at radius 3 is 2.72 bits per heavy atom. The number of rotatable bonds is 9. The average molecular weight is 398 g/mol. The maximum Gasteiger partial charge on any atom is 0.336 e. The first-order valence-corrected chi connectivity index (χ1v) is 9.45. The Balaban J connectivity index is 1.92. The molecular weight excluding hydrogens is 372 g/mol. The van der Waals surface area contributed by atoms with E-state index in [-0.39, 0.29) is 24.0 Å². The van der Waals surface area contributed by atoms with Gasteiger partial charge in [0.25, 0.3) is 0 Å². The van der Waals surface area contributed by atoms with Gasteiger partial charge in [-0.1, -0.05) is 32.0 Å². The van der Waals surface area contributed by atoms with E-state index in [4.69, 9.17) is 4.74 Å². The molecular formula is C20H26N6O3. The molecule has 0 aliphatic rings. The van der Waals surface area contributed by atoms with Crippen LogP contribution in [0, 0.1) is 0 Å². The standard InChI is InChI=1S/C20H26N6O3/c1-13(2)16-12-22-26-17(16)23-20(29-10-9-25(3)4)24-19(26)21-11-14-7-5-6-8-15(14)18(27)28/h5-8,12-13H,9-11H2,1-4H3,(H,27,28)(H,21,23,24). The van der Waals surface area contributed by atoms with E-state index in [0.717, 1.165) is 12.1 Å². The Bertz CT molecular complexity index is 999. The minimum atomic E-state index is -0.968. The van der Waals surface area contributed by atoms with E-state index in [0.29, 0.717) is 23.8 Å². The molecule has 9 nitrogen and oxygen atoms in total. The summed E-state index contributed by atoms with van der Waals surface area (Å²) in [6.07, 6.45) is 1.77. The van der Waals surface area contributed by atoms with Gasteiger partial charge >= 0.3 is 12.0 Å². The third kappa shape index (κ3) is 4.80. The van der Waals surface area contributed by atoms with E-state index in [1.54, 1.807) is 35.0 Å². The molecule has 0 atom stereocenters. The summed E-state index contributed by atoms with van der Waals surface area (Å²) in [6, 6.07) is 7.12. The average Bonchev–Trinajstić information content (AvgIpc) is 3.10. The predicted molar refractivity (Wildman–Crippen MR) is 110 cm³/mol. The van der Waals surface area contributed by atoms with Crippen molar-refractivity contribution in [1.29, 1.82) is 0 Å². The lowest BCUT2D eigenvalue weighted by atomic mass is 10.1. The van der Waals surface area contributed by atoms with Crippen molar-refractivity contribution in [2.45, 2.75) is 26.3 Å². The minimum Gasteiger partial charge on any atom is -0.478 e. The number of carboxylic acids is 1. The molecule has 0 aliphatic heterocycles. The Morgan fingerprint density at radius 2 is 2.03 bits per heavy atom. The fourth-order valence-corrected chi connectivity index (χ4v) is 2.84. The van der Waals surface area contributed by atoms with Gasteiger partial charge < -0.3 is 20.1 Å². The van der Waals surface area contributed by atoms with Crippen molar-refractivity contribution in [3.63, 3.8) is 0 Å². The zero-order valence-electron chi connectivity index (χ0n) is 17.1. The first kappa shape index (κ1) is 20.5. The highest BCUT2D eigenvalue weighted by molar-refractivity contribution is 5.89. The Hall–Kier alpha value is -3.20. The topological polar surface area (TPSA) is 105 Å². The lowest BCUT2D eigenvalue weighted by Gasteiger charge is -2.13. The molecule has 2 N–H and O–H groups in total. The third-order valence-electron chi connectivity index (χ3n) is 4.45. The first-order valence-electron chi connectivity index (χ1n) is 9.45. The fourth-order valence-electron chi connectivity index (χ4n) is 2.84. The fraction of sp³-hybridized carbons (Fsp3) is 0.400. The van der Waals surface area contributed by atoms with Crippen molar-refractivity contribution in [2.24, 2.45) is 0 Å². The SMILES string of the molecule is CC(C)c1cnn2c(NCc3ccccc3C(=O)O)nc(OCCN(C)C)nc12. The van der Waals surface area contributed by atoms with Crippen LogP contribution < -0.4 is 10.1 Å². The molecule has 29 heavy (non-hydrogen) atoms. The van der Waals surface area contributed by atoms with Gasteiger partial charge in [-0.25, -0.2) is 4.79 Å². The molecule has 1 aromatic carbocycles. The number of carboxylic acid groups (broad SMARTS) is 1. The van der Waals surface area contributed by atoms with E-state index in [1.807, 2.05) is 19.0 Å². The molecule has 154 valence electrons. The normalized spacial score (nSPS) is 11.4. The zero-order chi connectivity index (χ0) is 21.0. The van der Waals surface area contributed by atoms with Gasteiger partial charge in [0.05, 0.1) is 11.8 Å². The second-order valence-corrected chi connectivity index (χ2v) is 7.29. The summed E-state index contributed by atoms with van der Waals surface area (Å²) < 4.78 is 7.37. The summed E-state index contributed by atoms with van der Waals surface area (Å²) >= 11 is 0. The molecule has 0 aliphatic carbocycles. The van der Waals surface area contributed by atoms with Gasteiger partial charge in [-0.2, -0.15) is 19.6 Å². The molecule has 0 fully saturated rings. The summed E-state index contributed by atoms with van der Waals surface area (Å²) in [4.78, 5) is 22.4. The lowest BCUT2D eigenvalue weighted by Crippen LogP contribution is -2.20. The number of hydrogen-bond donors (Lipinski definition) is 2. The van der Waals surface area contributed by atoms with Gasteiger partial charge in [-0.15, -0.1) is 0 Å². The number of aromatic carboxylic acids is 1. The van der Waals surface area contributed by atoms with Crippen LogP contribution in [0.1, 0.15) is 41.3 Å². The molecule has 0 unspecified atom stereocenters. The number of hydrogen-bond acceptors (Lipinski definition) is 7. The maximum atomic E-state index is 11.5.